The van der Waals surface area contributed by atoms with E-state index < -0.39 is 0 Å². The van der Waals surface area contributed by atoms with Crippen LogP contribution >= 0.6 is 0 Å². The number of rotatable bonds is 6. The molecule has 1 atom stereocenters. The Labute approximate surface area is 143 Å². The summed E-state index contributed by atoms with van der Waals surface area (Å²) >= 11 is 0. The number of carbonyl (C=O) groups is 1. The summed E-state index contributed by atoms with van der Waals surface area (Å²) in [5.74, 6) is 1.15. The molecule has 0 aliphatic carbocycles. The number of hydrogen-bond donors (Lipinski definition) is 1. The summed E-state index contributed by atoms with van der Waals surface area (Å²) in [5.41, 5.74) is 2.54. The molecule has 1 fully saturated rings. The number of hydrogen-bond acceptors (Lipinski definition) is 3. The van der Waals surface area contributed by atoms with Crippen LogP contribution < -0.4 is 15.0 Å². The Morgan fingerprint density at radius 1 is 1.17 bits per heavy atom. The van der Waals surface area contributed by atoms with E-state index in [1.165, 1.54) is 11.3 Å². The largest absolute Gasteiger partial charge is 0.484 e. The Hall–Kier alpha value is -2.49. The molecule has 0 saturated carbocycles. The maximum atomic E-state index is 11.9. The van der Waals surface area contributed by atoms with Crippen LogP contribution in [0.2, 0.25) is 0 Å². The molecule has 24 heavy (non-hydrogen) atoms. The normalized spacial score (nSPS) is 16.9. The topological polar surface area (TPSA) is 41.6 Å². The second kappa shape index (κ2) is 7.86. The van der Waals surface area contributed by atoms with Gasteiger partial charge in [-0.25, -0.2) is 0 Å². The van der Waals surface area contributed by atoms with Crippen LogP contribution in [0, 0.1) is 12.8 Å². The minimum absolute atomic E-state index is 0.0624. The van der Waals surface area contributed by atoms with Gasteiger partial charge in [-0.05, 0) is 43.5 Å². The molecule has 2 aromatic carbocycles. The van der Waals surface area contributed by atoms with Crippen LogP contribution in [-0.4, -0.2) is 32.1 Å². The summed E-state index contributed by atoms with van der Waals surface area (Å²) in [7, 11) is 0. The fourth-order valence-electron chi connectivity index (χ4n) is 2.96. The Bertz CT molecular complexity index is 655. The SMILES string of the molecule is Cc1ccc(N2CCC(CNC(=O)COc3ccccc3)C2)cc1. The van der Waals surface area contributed by atoms with Gasteiger partial charge in [-0.1, -0.05) is 35.9 Å². The molecule has 0 bridgehead atoms. The Morgan fingerprint density at radius 3 is 2.67 bits per heavy atom. The highest BCUT2D eigenvalue weighted by Crippen LogP contribution is 2.23. The van der Waals surface area contributed by atoms with Crippen LogP contribution in [0.3, 0.4) is 0 Å². The van der Waals surface area contributed by atoms with Crippen molar-refractivity contribution >= 4 is 11.6 Å². The zero-order chi connectivity index (χ0) is 16.8. The molecule has 126 valence electrons. The number of benzene rings is 2. The number of carbonyl (C=O) groups excluding carboxylic acids is 1. The minimum Gasteiger partial charge on any atom is -0.484 e. The number of para-hydroxylation sites is 1. The lowest BCUT2D eigenvalue weighted by Gasteiger charge is -2.19. The average Bonchev–Trinajstić information content (AvgIpc) is 3.09. The summed E-state index contributed by atoms with van der Waals surface area (Å²) < 4.78 is 5.46. The number of nitrogens with one attached hydrogen (secondary N) is 1. The van der Waals surface area contributed by atoms with Gasteiger partial charge in [-0.2, -0.15) is 0 Å². The molecule has 1 heterocycles. The maximum Gasteiger partial charge on any atom is 0.257 e. The summed E-state index contributed by atoms with van der Waals surface area (Å²) in [6.45, 7) is 4.91. The van der Waals surface area contributed by atoms with Gasteiger partial charge in [0.1, 0.15) is 5.75 Å². The molecular formula is C20H24N2O2. The van der Waals surface area contributed by atoms with E-state index >= 15 is 0 Å². The van der Waals surface area contributed by atoms with Crippen molar-refractivity contribution in [3.63, 3.8) is 0 Å². The highest BCUT2D eigenvalue weighted by Gasteiger charge is 2.23. The standard InChI is InChI=1S/C20H24N2O2/c1-16-7-9-18(10-8-16)22-12-11-17(14-22)13-21-20(23)15-24-19-5-3-2-4-6-19/h2-10,17H,11-15H2,1H3,(H,21,23). The van der Waals surface area contributed by atoms with Crippen molar-refractivity contribution < 1.29 is 9.53 Å². The third-order valence-electron chi connectivity index (χ3n) is 4.39. The first-order chi connectivity index (χ1) is 11.7. The van der Waals surface area contributed by atoms with E-state index in [2.05, 4.69) is 41.4 Å². The van der Waals surface area contributed by atoms with Crippen molar-refractivity contribution in [3.8, 4) is 5.75 Å². The van der Waals surface area contributed by atoms with E-state index in [0.29, 0.717) is 12.5 Å². The van der Waals surface area contributed by atoms with Crippen LogP contribution in [-0.2, 0) is 4.79 Å². The van der Waals surface area contributed by atoms with Crippen molar-refractivity contribution in [3.05, 3.63) is 60.2 Å². The number of anilines is 1. The molecule has 1 saturated heterocycles. The Morgan fingerprint density at radius 2 is 1.92 bits per heavy atom. The number of aryl methyl sites for hydroxylation is 1. The predicted molar refractivity (Wildman–Crippen MR) is 96.4 cm³/mol. The van der Waals surface area contributed by atoms with Gasteiger partial charge in [0.25, 0.3) is 5.91 Å². The smallest absolute Gasteiger partial charge is 0.257 e. The third-order valence-corrected chi connectivity index (χ3v) is 4.39. The number of nitrogens with zero attached hydrogens (tertiary/aromatic N) is 1. The quantitative estimate of drug-likeness (QED) is 0.888. The van der Waals surface area contributed by atoms with E-state index in [1.54, 1.807) is 0 Å². The predicted octanol–water partition coefficient (Wildman–Crippen LogP) is 3.02. The van der Waals surface area contributed by atoms with Crippen LogP contribution in [0.25, 0.3) is 0 Å². The van der Waals surface area contributed by atoms with Crippen LogP contribution in [0.5, 0.6) is 5.75 Å². The zero-order valence-electron chi connectivity index (χ0n) is 14.1. The average molecular weight is 324 g/mol. The van der Waals surface area contributed by atoms with Gasteiger partial charge in [0, 0.05) is 25.3 Å². The molecule has 1 N–H and O–H groups in total. The highest BCUT2D eigenvalue weighted by atomic mass is 16.5. The van der Waals surface area contributed by atoms with E-state index in [9.17, 15) is 4.79 Å². The molecular weight excluding hydrogens is 300 g/mol. The molecule has 1 aliphatic heterocycles. The van der Waals surface area contributed by atoms with Gasteiger partial charge in [0.15, 0.2) is 6.61 Å². The van der Waals surface area contributed by atoms with Crippen molar-refractivity contribution in [2.75, 3.05) is 31.1 Å². The molecule has 1 amide bonds. The zero-order valence-corrected chi connectivity index (χ0v) is 14.1. The molecule has 3 rings (SSSR count). The Balaban J connectivity index is 1.39. The maximum absolute atomic E-state index is 11.9. The second-order valence-electron chi connectivity index (χ2n) is 6.34. The van der Waals surface area contributed by atoms with Crippen LogP contribution in [0.15, 0.2) is 54.6 Å². The first kappa shape index (κ1) is 16.4. The lowest BCUT2D eigenvalue weighted by molar-refractivity contribution is -0.123. The molecule has 1 unspecified atom stereocenters. The van der Waals surface area contributed by atoms with Crippen molar-refractivity contribution in [2.45, 2.75) is 13.3 Å². The monoisotopic (exact) mass is 324 g/mol. The van der Waals surface area contributed by atoms with Gasteiger partial charge in [-0.3, -0.25) is 4.79 Å². The van der Waals surface area contributed by atoms with E-state index in [1.807, 2.05) is 30.3 Å². The highest BCUT2D eigenvalue weighted by molar-refractivity contribution is 5.77. The summed E-state index contributed by atoms with van der Waals surface area (Å²) in [5, 5.41) is 2.99. The second-order valence-corrected chi connectivity index (χ2v) is 6.34. The van der Waals surface area contributed by atoms with Crippen molar-refractivity contribution in [1.29, 1.82) is 0 Å². The number of ether oxygens (including phenoxy) is 1. The summed E-state index contributed by atoms with van der Waals surface area (Å²) in [6, 6.07) is 18.0. The molecule has 4 nitrogen and oxygen atoms in total. The molecule has 0 aromatic heterocycles. The lowest BCUT2D eigenvalue weighted by Crippen LogP contribution is -2.34. The van der Waals surface area contributed by atoms with Crippen molar-refractivity contribution in [2.24, 2.45) is 5.92 Å². The Kier molecular flexibility index (Phi) is 5.36. The van der Waals surface area contributed by atoms with Gasteiger partial charge in [0.05, 0.1) is 0 Å². The summed E-state index contributed by atoms with van der Waals surface area (Å²) in [6.07, 6.45) is 1.10. The fraction of sp³-hybridized carbons (Fsp3) is 0.350. The van der Waals surface area contributed by atoms with E-state index in [4.69, 9.17) is 4.74 Å². The fourth-order valence-corrected chi connectivity index (χ4v) is 2.96. The lowest BCUT2D eigenvalue weighted by atomic mass is 10.1. The third kappa shape index (κ3) is 4.51. The van der Waals surface area contributed by atoms with Crippen LogP contribution in [0.4, 0.5) is 5.69 Å². The van der Waals surface area contributed by atoms with Crippen LogP contribution in [0.1, 0.15) is 12.0 Å². The van der Waals surface area contributed by atoms with Gasteiger partial charge in [-0.15, -0.1) is 0 Å². The van der Waals surface area contributed by atoms with Gasteiger partial charge in [0.2, 0.25) is 0 Å². The molecule has 0 spiro atoms. The molecule has 0 radical (unpaired) electrons. The number of amides is 1. The summed E-state index contributed by atoms with van der Waals surface area (Å²) in [4.78, 5) is 14.3. The van der Waals surface area contributed by atoms with Gasteiger partial charge < -0.3 is 15.0 Å². The van der Waals surface area contributed by atoms with Gasteiger partial charge >= 0.3 is 0 Å². The van der Waals surface area contributed by atoms with E-state index in [0.717, 1.165) is 25.3 Å². The minimum atomic E-state index is -0.0624. The van der Waals surface area contributed by atoms with Crippen molar-refractivity contribution in [1.82, 2.24) is 5.32 Å². The molecule has 1 aliphatic rings. The first-order valence-corrected chi connectivity index (χ1v) is 8.47. The van der Waals surface area contributed by atoms with E-state index in [-0.39, 0.29) is 12.5 Å². The molecule has 2 aromatic rings. The molecule has 4 heteroatoms. The first-order valence-electron chi connectivity index (χ1n) is 8.47.